The smallest absolute Gasteiger partial charge is 0.423 e. The Hall–Kier alpha value is -2.15. The van der Waals surface area contributed by atoms with Crippen LogP contribution in [0.4, 0.5) is 14.0 Å². The summed E-state index contributed by atoms with van der Waals surface area (Å²) in [6, 6.07) is 4.92. The van der Waals surface area contributed by atoms with E-state index in [0.717, 1.165) is 5.01 Å². The van der Waals surface area contributed by atoms with Gasteiger partial charge in [0.05, 0.1) is 0 Å². The van der Waals surface area contributed by atoms with Crippen molar-refractivity contribution in [2.24, 2.45) is 0 Å². The van der Waals surface area contributed by atoms with Crippen LogP contribution in [-0.2, 0) is 4.74 Å². The minimum atomic E-state index is -0.790. The standard InChI is InChI=1S/C11H12FN3O3/c1-14(2)10(16)15-11(17)18-9(13-15)7-3-5-8(12)6-4-7/h3-6,9,13H,1-2H3. The number of nitrogens with one attached hydrogen (secondary N) is 1. The number of halogens is 1. The summed E-state index contributed by atoms with van der Waals surface area (Å²) in [6.07, 6.45) is -1.58. The SMILES string of the molecule is CN(C)C(=O)N1NC(c2ccc(F)cc2)OC1=O. The highest BCUT2D eigenvalue weighted by Crippen LogP contribution is 2.22. The number of imide groups is 1. The third-order valence-corrected chi connectivity index (χ3v) is 2.39. The van der Waals surface area contributed by atoms with Crippen molar-refractivity contribution < 1.29 is 18.7 Å². The summed E-state index contributed by atoms with van der Waals surface area (Å²) in [5, 5.41) is 0.772. The van der Waals surface area contributed by atoms with Crippen LogP contribution in [0.5, 0.6) is 0 Å². The average molecular weight is 253 g/mol. The predicted molar refractivity (Wildman–Crippen MR) is 59.7 cm³/mol. The van der Waals surface area contributed by atoms with Crippen LogP contribution >= 0.6 is 0 Å². The molecule has 1 aromatic rings. The number of carbonyl (C=O) groups excluding carboxylic acids is 2. The molecule has 7 heteroatoms. The molecular weight excluding hydrogens is 241 g/mol. The zero-order valence-electron chi connectivity index (χ0n) is 9.88. The third kappa shape index (κ3) is 2.25. The maximum Gasteiger partial charge on any atom is 0.435 e. The maximum atomic E-state index is 12.8. The first-order valence-corrected chi connectivity index (χ1v) is 5.22. The third-order valence-electron chi connectivity index (χ3n) is 2.39. The lowest BCUT2D eigenvalue weighted by Crippen LogP contribution is -2.45. The van der Waals surface area contributed by atoms with Gasteiger partial charge in [-0.1, -0.05) is 12.1 Å². The van der Waals surface area contributed by atoms with E-state index in [2.05, 4.69) is 5.43 Å². The second-order valence-electron chi connectivity index (χ2n) is 3.96. The minimum Gasteiger partial charge on any atom is -0.423 e. The first kappa shape index (κ1) is 12.3. The van der Waals surface area contributed by atoms with Crippen molar-refractivity contribution in [3.63, 3.8) is 0 Å². The Balaban J connectivity index is 2.13. The van der Waals surface area contributed by atoms with Crippen molar-refractivity contribution >= 4 is 12.1 Å². The molecule has 1 N–H and O–H groups in total. The van der Waals surface area contributed by atoms with E-state index in [1.54, 1.807) is 0 Å². The fraction of sp³-hybridized carbons (Fsp3) is 0.273. The summed E-state index contributed by atoms with van der Waals surface area (Å²) in [7, 11) is 3.03. The molecule has 1 saturated heterocycles. The van der Waals surface area contributed by atoms with Crippen LogP contribution < -0.4 is 5.43 Å². The van der Waals surface area contributed by atoms with E-state index in [4.69, 9.17) is 4.74 Å². The van der Waals surface area contributed by atoms with Gasteiger partial charge in [0.2, 0.25) is 0 Å². The van der Waals surface area contributed by atoms with E-state index < -0.39 is 18.4 Å². The number of nitrogens with zero attached hydrogens (tertiary/aromatic N) is 2. The molecule has 0 radical (unpaired) electrons. The second kappa shape index (κ2) is 4.61. The number of rotatable bonds is 1. The molecule has 3 amide bonds. The van der Waals surface area contributed by atoms with Crippen molar-refractivity contribution in [2.45, 2.75) is 6.23 Å². The van der Waals surface area contributed by atoms with Gasteiger partial charge in [-0.2, -0.15) is 10.4 Å². The van der Waals surface area contributed by atoms with Crippen molar-refractivity contribution in [2.75, 3.05) is 14.1 Å². The number of hydrazine groups is 1. The van der Waals surface area contributed by atoms with Crippen LogP contribution in [0.25, 0.3) is 0 Å². The fourth-order valence-corrected chi connectivity index (χ4v) is 1.46. The highest BCUT2D eigenvalue weighted by molar-refractivity contribution is 5.91. The van der Waals surface area contributed by atoms with Gasteiger partial charge < -0.3 is 9.64 Å². The second-order valence-corrected chi connectivity index (χ2v) is 3.96. The van der Waals surface area contributed by atoms with Crippen LogP contribution in [0.1, 0.15) is 11.8 Å². The number of urea groups is 1. The van der Waals surface area contributed by atoms with Gasteiger partial charge in [-0.3, -0.25) is 0 Å². The van der Waals surface area contributed by atoms with Gasteiger partial charge in [-0.25, -0.2) is 14.0 Å². The highest BCUT2D eigenvalue weighted by Gasteiger charge is 2.37. The normalized spacial score (nSPS) is 18.7. The highest BCUT2D eigenvalue weighted by atomic mass is 19.1. The molecule has 0 aromatic heterocycles. The molecular formula is C11H12FN3O3. The van der Waals surface area contributed by atoms with E-state index in [-0.39, 0.29) is 5.82 Å². The van der Waals surface area contributed by atoms with Gasteiger partial charge in [0, 0.05) is 19.7 Å². The summed E-state index contributed by atoms with van der Waals surface area (Å²) in [6.45, 7) is 0. The van der Waals surface area contributed by atoms with E-state index >= 15 is 0 Å². The Morgan fingerprint density at radius 2 is 2.00 bits per heavy atom. The molecule has 6 nitrogen and oxygen atoms in total. The van der Waals surface area contributed by atoms with Crippen molar-refractivity contribution in [1.29, 1.82) is 0 Å². The molecule has 1 aromatic carbocycles. The zero-order valence-corrected chi connectivity index (χ0v) is 9.88. The van der Waals surface area contributed by atoms with Gasteiger partial charge in [0.15, 0.2) is 6.23 Å². The summed E-state index contributed by atoms with van der Waals surface area (Å²) in [4.78, 5) is 24.3. The Morgan fingerprint density at radius 1 is 1.39 bits per heavy atom. The van der Waals surface area contributed by atoms with Gasteiger partial charge in [0.25, 0.3) is 0 Å². The molecule has 0 spiro atoms. The number of hydrogen-bond donors (Lipinski definition) is 1. The predicted octanol–water partition coefficient (Wildman–Crippen LogP) is 1.46. The number of hydrogen-bond acceptors (Lipinski definition) is 4. The topological polar surface area (TPSA) is 61.9 Å². The molecule has 0 aliphatic carbocycles. The number of cyclic esters (lactones) is 1. The molecule has 0 bridgehead atoms. The molecule has 1 fully saturated rings. The summed E-state index contributed by atoms with van der Waals surface area (Å²) in [5.41, 5.74) is 3.16. The summed E-state index contributed by atoms with van der Waals surface area (Å²) in [5.74, 6) is -0.385. The molecule has 18 heavy (non-hydrogen) atoms. The monoisotopic (exact) mass is 253 g/mol. The Kier molecular flexibility index (Phi) is 3.15. The van der Waals surface area contributed by atoms with Gasteiger partial charge >= 0.3 is 12.1 Å². The lowest BCUT2D eigenvalue weighted by molar-refractivity contribution is 0.128. The van der Waals surface area contributed by atoms with Crippen molar-refractivity contribution in [1.82, 2.24) is 15.3 Å². The summed E-state index contributed by atoms with van der Waals surface area (Å²) >= 11 is 0. The summed E-state index contributed by atoms with van der Waals surface area (Å²) < 4.78 is 17.7. The van der Waals surface area contributed by atoms with E-state index in [9.17, 15) is 14.0 Å². The number of ether oxygens (including phenoxy) is 1. The average Bonchev–Trinajstić information content (AvgIpc) is 2.71. The first-order valence-electron chi connectivity index (χ1n) is 5.22. The molecule has 1 aliphatic rings. The fourth-order valence-electron chi connectivity index (χ4n) is 1.46. The molecule has 1 unspecified atom stereocenters. The van der Waals surface area contributed by atoms with Gasteiger partial charge in [-0.15, -0.1) is 0 Å². The van der Waals surface area contributed by atoms with E-state index in [0.29, 0.717) is 5.56 Å². The van der Waals surface area contributed by atoms with Crippen molar-refractivity contribution in [3.8, 4) is 0 Å². The Labute approximate surface area is 103 Å². The van der Waals surface area contributed by atoms with Crippen LogP contribution in [0, 0.1) is 5.82 Å². The van der Waals surface area contributed by atoms with E-state index in [1.807, 2.05) is 0 Å². The zero-order chi connectivity index (χ0) is 13.3. The Morgan fingerprint density at radius 3 is 2.56 bits per heavy atom. The quantitative estimate of drug-likeness (QED) is 0.823. The van der Waals surface area contributed by atoms with Crippen LogP contribution in [0.3, 0.4) is 0 Å². The molecule has 1 aliphatic heterocycles. The first-order chi connectivity index (χ1) is 8.49. The molecule has 1 atom stereocenters. The lowest BCUT2D eigenvalue weighted by Gasteiger charge is -2.17. The van der Waals surface area contributed by atoms with Gasteiger partial charge in [0.1, 0.15) is 5.82 Å². The number of carbonyl (C=O) groups is 2. The van der Waals surface area contributed by atoms with Crippen LogP contribution in [0.15, 0.2) is 24.3 Å². The van der Waals surface area contributed by atoms with Crippen molar-refractivity contribution in [3.05, 3.63) is 35.6 Å². The maximum absolute atomic E-state index is 12.8. The van der Waals surface area contributed by atoms with Crippen LogP contribution in [0.2, 0.25) is 0 Å². The minimum absolute atomic E-state index is 0.385. The lowest BCUT2D eigenvalue weighted by atomic mass is 10.2. The molecule has 0 saturated carbocycles. The number of benzene rings is 1. The largest absolute Gasteiger partial charge is 0.435 e. The molecule has 96 valence electrons. The molecule has 1 heterocycles. The number of amides is 3. The van der Waals surface area contributed by atoms with Gasteiger partial charge in [-0.05, 0) is 12.1 Å². The Bertz CT molecular complexity index is 475. The van der Waals surface area contributed by atoms with Crippen LogP contribution in [-0.4, -0.2) is 36.1 Å². The molecule has 2 rings (SSSR count). The van der Waals surface area contributed by atoms with E-state index in [1.165, 1.54) is 43.3 Å².